The zero-order valence-electron chi connectivity index (χ0n) is 23.2. The van der Waals surface area contributed by atoms with Gasteiger partial charge in [-0.25, -0.2) is 9.37 Å². The van der Waals surface area contributed by atoms with Gasteiger partial charge in [-0.1, -0.05) is 12.1 Å². The van der Waals surface area contributed by atoms with Gasteiger partial charge in [-0.15, -0.1) is 0 Å². The van der Waals surface area contributed by atoms with Crippen LogP contribution in [0.25, 0.3) is 0 Å². The van der Waals surface area contributed by atoms with Gasteiger partial charge < -0.3 is 25.1 Å². The number of benzene rings is 1. The van der Waals surface area contributed by atoms with Crippen LogP contribution in [0, 0.1) is 12.7 Å². The molecule has 2 aliphatic heterocycles. The van der Waals surface area contributed by atoms with Crippen molar-refractivity contribution < 1.29 is 23.9 Å². The fourth-order valence-electron chi connectivity index (χ4n) is 5.70. The third kappa shape index (κ3) is 4.66. The Morgan fingerprint density at radius 2 is 1.72 bits per heavy atom. The van der Waals surface area contributed by atoms with E-state index in [1.54, 1.807) is 13.0 Å². The van der Waals surface area contributed by atoms with Gasteiger partial charge in [0, 0.05) is 39.8 Å². The average Bonchev–Trinajstić information content (AvgIpc) is 3.15. The van der Waals surface area contributed by atoms with Crippen molar-refractivity contribution in [1.29, 1.82) is 0 Å². The van der Waals surface area contributed by atoms with E-state index in [1.807, 2.05) is 19.0 Å². The Morgan fingerprint density at radius 3 is 2.28 bits per heavy atom. The molecule has 1 saturated carbocycles. The normalized spacial score (nSPS) is 21.7. The van der Waals surface area contributed by atoms with Crippen LogP contribution in [0.15, 0.2) is 23.0 Å². The maximum absolute atomic E-state index is 13.6. The van der Waals surface area contributed by atoms with E-state index in [9.17, 15) is 28.7 Å². The quantitative estimate of drug-likeness (QED) is 0.539. The zero-order chi connectivity index (χ0) is 28.9. The summed E-state index contributed by atoms with van der Waals surface area (Å²) in [5.41, 5.74) is -1.79. The molecule has 0 saturated heterocycles. The number of rotatable bonds is 5. The Kier molecular flexibility index (Phi) is 7.28. The van der Waals surface area contributed by atoms with Crippen molar-refractivity contribution in [2.45, 2.75) is 56.8 Å². The number of carbonyl (C=O) groups excluding carboxylic acids is 3. The number of hydrogen-bond acceptors (Lipinski definition) is 7. The molecule has 0 radical (unpaired) electrons. The summed E-state index contributed by atoms with van der Waals surface area (Å²) in [7, 11) is 8.31. The second-order valence-electron chi connectivity index (χ2n) is 11.0. The molecule has 1 aromatic carbocycles. The molecule has 39 heavy (non-hydrogen) atoms. The predicted molar refractivity (Wildman–Crippen MR) is 140 cm³/mol. The Morgan fingerprint density at radius 1 is 1.08 bits per heavy atom. The lowest BCUT2D eigenvalue weighted by Crippen LogP contribution is -2.56. The van der Waals surface area contributed by atoms with Gasteiger partial charge in [0.25, 0.3) is 11.5 Å². The molecular formula is C27H35FN6O5. The Bertz CT molecular complexity index is 1390. The van der Waals surface area contributed by atoms with Crippen LogP contribution in [-0.4, -0.2) is 87.9 Å². The van der Waals surface area contributed by atoms with Crippen LogP contribution >= 0.6 is 0 Å². The SMILES string of the molecule is Cc1cc(CNC(=O)c2nc3n(c(=O)c2O)CC2(N(C)C)CCC3(N(C)C(=O)C(=O)N(C)C)CC2)ccc1F. The molecule has 3 heterocycles. The van der Waals surface area contributed by atoms with Crippen molar-refractivity contribution in [3.05, 3.63) is 57.0 Å². The second-order valence-corrected chi connectivity index (χ2v) is 11.0. The van der Waals surface area contributed by atoms with Gasteiger partial charge in [0.15, 0.2) is 5.69 Å². The van der Waals surface area contributed by atoms with Crippen LogP contribution in [-0.2, 0) is 28.2 Å². The molecule has 12 heteroatoms. The summed E-state index contributed by atoms with van der Waals surface area (Å²) in [6.07, 6.45) is 2.01. The first kappa shape index (κ1) is 28.2. The standard InChI is InChI=1S/C27H35FN6O5/c1-16-13-17(7-8-18(16)28)14-29-21(36)19-20(35)22(37)34-15-26(32(4)5)9-11-27(12-10-26,25(34)30-19)33(6)24(39)23(38)31(2)3/h7-8,13,35H,9-12,14-15H2,1-6H3,(H,29,36). The molecule has 3 amide bonds. The molecule has 210 valence electrons. The molecule has 2 bridgehead atoms. The first-order valence-electron chi connectivity index (χ1n) is 12.8. The molecular weight excluding hydrogens is 507 g/mol. The summed E-state index contributed by atoms with van der Waals surface area (Å²) < 4.78 is 15.0. The number of aryl methyl sites for hydroxylation is 1. The predicted octanol–water partition coefficient (Wildman–Crippen LogP) is 0.956. The van der Waals surface area contributed by atoms with Gasteiger partial charge in [-0.2, -0.15) is 0 Å². The van der Waals surface area contributed by atoms with Crippen molar-refractivity contribution in [2.24, 2.45) is 0 Å². The first-order valence-corrected chi connectivity index (χ1v) is 12.8. The summed E-state index contributed by atoms with van der Waals surface area (Å²) in [6, 6.07) is 4.41. The molecule has 0 unspecified atom stereocenters. The Labute approximate surface area is 226 Å². The van der Waals surface area contributed by atoms with Gasteiger partial charge in [-0.05, 0) is 63.9 Å². The molecule has 1 fully saturated rings. The van der Waals surface area contributed by atoms with Crippen molar-refractivity contribution in [3.63, 3.8) is 0 Å². The van der Waals surface area contributed by atoms with E-state index in [0.717, 1.165) is 0 Å². The highest BCUT2D eigenvalue weighted by Crippen LogP contribution is 2.49. The summed E-state index contributed by atoms with van der Waals surface area (Å²) >= 11 is 0. The van der Waals surface area contributed by atoms with E-state index < -0.39 is 45.8 Å². The zero-order valence-corrected chi connectivity index (χ0v) is 23.2. The Balaban J connectivity index is 1.80. The van der Waals surface area contributed by atoms with Crippen LogP contribution in [0.5, 0.6) is 5.75 Å². The molecule has 2 aromatic rings. The van der Waals surface area contributed by atoms with Crippen LogP contribution in [0.3, 0.4) is 0 Å². The first-order chi connectivity index (χ1) is 18.2. The minimum atomic E-state index is -1.14. The van der Waals surface area contributed by atoms with E-state index in [1.165, 1.54) is 47.6 Å². The Hall–Kier alpha value is -3.80. The minimum absolute atomic E-state index is 0.0180. The van der Waals surface area contributed by atoms with E-state index in [-0.39, 0.29) is 24.7 Å². The highest BCUT2D eigenvalue weighted by Gasteiger charge is 2.55. The maximum atomic E-state index is 13.6. The fourth-order valence-corrected chi connectivity index (χ4v) is 5.70. The lowest BCUT2D eigenvalue weighted by molar-refractivity contribution is -0.155. The van der Waals surface area contributed by atoms with Gasteiger partial charge in [0.05, 0.1) is 0 Å². The smallest absolute Gasteiger partial charge is 0.312 e. The molecule has 0 atom stereocenters. The number of amides is 3. The van der Waals surface area contributed by atoms with E-state index in [0.29, 0.717) is 36.8 Å². The number of nitrogens with zero attached hydrogens (tertiary/aromatic N) is 5. The largest absolute Gasteiger partial charge is 0.501 e. The fraction of sp³-hybridized carbons (Fsp3) is 0.519. The van der Waals surface area contributed by atoms with Crippen LogP contribution in [0.1, 0.15) is 53.1 Å². The molecule has 5 rings (SSSR count). The molecule has 11 nitrogen and oxygen atoms in total. The number of aromatic nitrogens is 2. The number of halogens is 1. The van der Waals surface area contributed by atoms with Gasteiger partial charge in [0.1, 0.15) is 17.2 Å². The van der Waals surface area contributed by atoms with Crippen LogP contribution in [0.2, 0.25) is 0 Å². The highest BCUT2D eigenvalue weighted by molar-refractivity contribution is 6.34. The second kappa shape index (κ2) is 10.1. The lowest BCUT2D eigenvalue weighted by Gasteiger charge is -2.48. The third-order valence-electron chi connectivity index (χ3n) is 8.40. The number of hydrogen-bond donors (Lipinski definition) is 2. The minimum Gasteiger partial charge on any atom is -0.501 e. The maximum Gasteiger partial charge on any atom is 0.312 e. The summed E-state index contributed by atoms with van der Waals surface area (Å²) in [5.74, 6) is -3.27. The topological polar surface area (TPSA) is 128 Å². The number of likely N-dealkylation sites (N-methyl/N-ethyl adjacent to an activating group) is 3. The molecule has 1 aliphatic carbocycles. The summed E-state index contributed by atoms with van der Waals surface area (Å²) in [4.78, 5) is 61.7. The molecule has 3 aliphatic rings. The van der Waals surface area contributed by atoms with E-state index >= 15 is 0 Å². The number of nitrogens with one attached hydrogen (secondary N) is 1. The van der Waals surface area contributed by atoms with Gasteiger partial charge >= 0.3 is 11.8 Å². The molecule has 2 N–H and O–H groups in total. The van der Waals surface area contributed by atoms with Crippen LogP contribution in [0.4, 0.5) is 4.39 Å². The van der Waals surface area contributed by atoms with Crippen molar-refractivity contribution in [2.75, 3.05) is 35.2 Å². The van der Waals surface area contributed by atoms with E-state index in [4.69, 9.17) is 0 Å². The monoisotopic (exact) mass is 542 g/mol. The molecule has 1 aromatic heterocycles. The molecule has 0 spiro atoms. The number of carbonyl (C=O) groups is 3. The van der Waals surface area contributed by atoms with Gasteiger partial charge in [-0.3, -0.25) is 23.7 Å². The summed E-state index contributed by atoms with van der Waals surface area (Å²) in [6.45, 7) is 1.83. The van der Waals surface area contributed by atoms with Crippen molar-refractivity contribution in [3.8, 4) is 5.75 Å². The number of aromatic hydroxyl groups is 1. The lowest BCUT2D eigenvalue weighted by atomic mass is 9.72. The van der Waals surface area contributed by atoms with E-state index in [2.05, 4.69) is 10.3 Å². The van der Waals surface area contributed by atoms with Crippen molar-refractivity contribution in [1.82, 2.24) is 29.6 Å². The van der Waals surface area contributed by atoms with Crippen molar-refractivity contribution >= 4 is 17.7 Å². The third-order valence-corrected chi connectivity index (χ3v) is 8.40. The summed E-state index contributed by atoms with van der Waals surface area (Å²) in [5, 5.41) is 13.5. The van der Waals surface area contributed by atoms with Gasteiger partial charge in [0.2, 0.25) is 5.75 Å². The number of fused-ring (bicyclic) bond motifs is 2. The highest BCUT2D eigenvalue weighted by atomic mass is 19.1. The average molecular weight is 543 g/mol. The van der Waals surface area contributed by atoms with Crippen LogP contribution < -0.4 is 10.9 Å².